The van der Waals surface area contributed by atoms with Gasteiger partial charge in [-0.15, -0.1) is 0 Å². The van der Waals surface area contributed by atoms with Crippen LogP contribution in [0.1, 0.15) is 11.5 Å². The van der Waals surface area contributed by atoms with Crippen LogP contribution >= 0.6 is 27.5 Å². The number of nitrogens with one attached hydrogen (secondary N) is 1. The van der Waals surface area contributed by atoms with Gasteiger partial charge in [0.15, 0.2) is 0 Å². The number of benzene rings is 1. The molecule has 1 saturated heterocycles. The van der Waals surface area contributed by atoms with E-state index in [1.165, 1.54) is 18.2 Å². The topological polar surface area (TPSA) is 89.3 Å². The lowest BCUT2D eigenvalue weighted by atomic mass is 9.97. The zero-order valence-corrected chi connectivity index (χ0v) is 11.1. The van der Waals surface area contributed by atoms with Gasteiger partial charge >= 0.3 is 0 Å². The lowest BCUT2D eigenvalue weighted by Crippen LogP contribution is -2.22. The van der Waals surface area contributed by atoms with Crippen LogP contribution < -0.4 is 5.32 Å². The van der Waals surface area contributed by atoms with Crippen molar-refractivity contribution in [2.45, 2.75) is 10.7 Å². The Hall–Kier alpha value is -1.47. The van der Waals surface area contributed by atoms with Crippen molar-refractivity contribution in [3.63, 3.8) is 0 Å². The van der Waals surface area contributed by atoms with Crippen molar-refractivity contribution < 1.29 is 14.5 Å². The largest absolute Gasteiger partial charge is 0.295 e. The number of nitrogens with zero attached hydrogens (tertiary/aromatic N) is 1. The second kappa shape index (κ2) is 4.66. The number of amides is 2. The zero-order valence-electron chi connectivity index (χ0n) is 8.72. The van der Waals surface area contributed by atoms with Crippen LogP contribution in [0.2, 0.25) is 5.02 Å². The molecular weight excluding hydrogens is 327 g/mol. The predicted molar refractivity (Wildman–Crippen MR) is 66.7 cm³/mol. The quantitative estimate of drug-likeness (QED) is 0.386. The van der Waals surface area contributed by atoms with Crippen LogP contribution in [0.15, 0.2) is 18.2 Å². The van der Waals surface area contributed by atoms with Crippen molar-refractivity contribution in [1.82, 2.24) is 5.32 Å². The second-order valence-electron chi connectivity index (χ2n) is 3.70. The number of imide groups is 1. The van der Waals surface area contributed by atoms with E-state index in [9.17, 15) is 19.7 Å². The summed E-state index contributed by atoms with van der Waals surface area (Å²) in [5.74, 6) is -1.86. The van der Waals surface area contributed by atoms with Gasteiger partial charge in [-0.1, -0.05) is 27.5 Å². The average molecular weight is 334 g/mol. The van der Waals surface area contributed by atoms with Crippen molar-refractivity contribution >= 4 is 45.0 Å². The molecule has 0 aromatic heterocycles. The van der Waals surface area contributed by atoms with Gasteiger partial charge in [0.2, 0.25) is 11.8 Å². The van der Waals surface area contributed by atoms with Gasteiger partial charge in [0.25, 0.3) is 5.69 Å². The van der Waals surface area contributed by atoms with Gasteiger partial charge < -0.3 is 0 Å². The molecule has 6 nitrogen and oxygen atoms in total. The summed E-state index contributed by atoms with van der Waals surface area (Å²) in [4.78, 5) is 32.3. The number of non-ortho nitro benzene ring substituents is 1. The summed E-state index contributed by atoms with van der Waals surface area (Å²) in [7, 11) is 0. The van der Waals surface area contributed by atoms with E-state index in [2.05, 4.69) is 21.2 Å². The summed E-state index contributed by atoms with van der Waals surface area (Å²) in [5, 5.41) is 13.0. The smallest absolute Gasteiger partial charge is 0.269 e. The van der Waals surface area contributed by atoms with Gasteiger partial charge in [-0.25, -0.2) is 0 Å². The normalized spacial score (nSPS) is 23.0. The highest BCUT2D eigenvalue weighted by molar-refractivity contribution is 9.10. The Labute approximate surface area is 115 Å². The third-order valence-corrected chi connectivity index (χ3v) is 3.89. The average Bonchev–Trinajstić information content (AvgIpc) is 2.54. The molecule has 0 radical (unpaired) electrons. The third kappa shape index (κ3) is 2.11. The Morgan fingerprint density at radius 2 is 2.00 bits per heavy atom. The first-order valence-electron chi connectivity index (χ1n) is 4.84. The first kappa shape index (κ1) is 13.0. The van der Waals surface area contributed by atoms with E-state index in [0.717, 1.165) is 0 Å². The lowest BCUT2D eigenvalue weighted by Gasteiger charge is -2.11. The maximum atomic E-state index is 11.6. The summed E-state index contributed by atoms with van der Waals surface area (Å²) in [6, 6.07) is 3.79. The molecule has 1 aromatic carbocycles. The van der Waals surface area contributed by atoms with Crippen molar-refractivity contribution in [2.75, 3.05) is 0 Å². The van der Waals surface area contributed by atoms with Crippen molar-refractivity contribution in [1.29, 1.82) is 0 Å². The van der Waals surface area contributed by atoms with Crippen LogP contribution in [0, 0.1) is 10.1 Å². The summed E-state index contributed by atoms with van der Waals surface area (Å²) >= 11 is 9.01. The highest BCUT2D eigenvalue weighted by Gasteiger charge is 2.42. The van der Waals surface area contributed by atoms with Crippen LogP contribution in [0.5, 0.6) is 0 Å². The van der Waals surface area contributed by atoms with Gasteiger partial charge in [-0.2, -0.15) is 0 Å². The predicted octanol–water partition coefficient (Wildman–Crippen LogP) is 1.75. The maximum absolute atomic E-state index is 11.6. The molecule has 2 unspecified atom stereocenters. The minimum absolute atomic E-state index is 0.179. The Morgan fingerprint density at radius 3 is 2.50 bits per heavy atom. The van der Waals surface area contributed by atoms with Gasteiger partial charge in [0, 0.05) is 17.2 Å². The number of carbonyl (C=O) groups excluding carboxylic acids is 2. The van der Waals surface area contributed by atoms with Gasteiger partial charge in [-0.05, 0) is 11.6 Å². The van der Waals surface area contributed by atoms with Gasteiger partial charge in [-0.3, -0.25) is 25.0 Å². The zero-order chi connectivity index (χ0) is 13.4. The van der Waals surface area contributed by atoms with E-state index in [0.29, 0.717) is 0 Å². The standard InChI is InChI=1S/C10H6BrClN2O4/c11-8-7(9(15)13-10(8)16)5-3-4(14(17)18)1-2-6(5)12/h1-3,7-8H,(H,13,15,16). The maximum Gasteiger partial charge on any atom is 0.269 e. The number of rotatable bonds is 2. The molecule has 2 rings (SSSR count). The molecule has 1 aliphatic heterocycles. The lowest BCUT2D eigenvalue weighted by molar-refractivity contribution is -0.384. The highest BCUT2D eigenvalue weighted by atomic mass is 79.9. The number of alkyl halides is 1. The molecule has 1 fully saturated rings. The van der Waals surface area contributed by atoms with Crippen LogP contribution in [-0.4, -0.2) is 21.6 Å². The van der Waals surface area contributed by atoms with E-state index < -0.39 is 27.5 Å². The molecule has 0 aliphatic carbocycles. The number of nitro groups is 1. The third-order valence-electron chi connectivity index (χ3n) is 2.60. The summed E-state index contributed by atoms with van der Waals surface area (Å²) in [6.07, 6.45) is 0. The molecule has 8 heteroatoms. The van der Waals surface area contributed by atoms with Gasteiger partial charge in [0.05, 0.1) is 10.8 Å². The fraction of sp³-hybridized carbons (Fsp3) is 0.200. The molecule has 0 saturated carbocycles. The van der Waals surface area contributed by atoms with E-state index in [4.69, 9.17) is 11.6 Å². The molecule has 1 aliphatic rings. The van der Waals surface area contributed by atoms with Crippen LogP contribution in [0.4, 0.5) is 5.69 Å². The fourth-order valence-electron chi connectivity index (χ4n) is 1.73. The number of hydrogen-bond acceptors (Lipinski definition) is 4. The molecular formula is C10H6BrClN2O4. The minimum Gasteiger partial charge on any atom is -0.295 e. The Morgan fingerprint density at radius 1 is 1.33 bits per heavy atom. The van der Waals surface area contributed by atoms with E-state index in [-0.39, 0.29) is 16.3 Å². The Balaban J connectivity index is 2.50. The molecule has 0 bridgehead atoms. The van der Waals surface area contributed by atoms with Crippen LogP contribution in [0.3, 0.4) is 0 Å². The van der Waals surface area contributed by atoms with Crippen LogP contribution in [0.25, 0.3) is 0 Å². The van der Waals surface area contributed by atoms with E-state index in [1.807, 2.05) is 0 Å². The number of halogens is 2. The molecule has 0 spiro atoms. The highest BCUT2D eigenvalue weighted by Crippen LogP contribution is 2.36. The summed E-state index contributed by atoms with van der Waals surface area (Å²) in [5.41, 5.74) is 0.0809. The van der Waals surface area contributed by atoms with Crippen molar-refractivity contribution in [3.8, 4) is 0 Å². The summed E-state index contributed by atoms with van der Waals surface area (Å²) < 4.78 is 0. The van der Waals surface area contributed by atoms with E-state index in [1.54, 1.807) is 0 Å². The number of hydrogen-bond donors (Lipinski definition) is 1. The molecule has 2 atom stereocenters. The molecule has 1 aromatic rings. The number of carbonyl (C=O) groups is 2. The first-order chi connectivity index (χ1) is 8.41. The Bertz CT molecular complexity index is 563. The minimum atomic E-state index is -0.857. The number of nitro benzene ring substituents is 1. The monoisotopic (exact) mass is 332 g/mol. The SMILES string of the molecule is O=C1NC(=O)C(c2cc([N+](=O)[O-])ccc2Cl)C1Br. The fourth-order valence-corrected chi connectivity index (χ4v) is 2.61. The van der Waals surface area contributed by atoms with Crippen LogP contribution in [-0.2, 0) is 9.59 Å². The van der Waals surface area contributed by atoms with Gasteiger partial charge in [0.1, 0.15) is 4.83 Å². The Kier molecular flexibility index (Phi) is 3.36. The van der Waals surface area contributed by atoms with E-state index >= 15 is 0 Å². The molecule has 18 heavy (non-hydrogen) atoms. The first-order valence-corrected chi connectivity index (χ1v) is 6.14. The van der Waals surface area contributed by atoms with Crippen molar-refractivity contribution in [3.05, 3.63) is 38.9 Å². The molecule has 2 amide bonds. The molecule has 1 N–H and O–H groups in total. The molecule has 94 valence electrons. The van der Waals surface area contributed by atoms with Crippen molar-refractivity contribution in [2.24, 2.45) is 0 Å². The molecule has 1 heterocycles. The second-order valence-corrected chi connectivity index (χ2v) is 5.09. The summed E-state index contributed by atoms with van der Waals surface area (Å²) in [6.45, 7) is 0.